The monoisotopic (exact) mass is 177 g/mol. The number of aromatic nitrogens is 1. The standard InChI is InChI=1S/C10H13N.C2H6/c1-10(2)5-3-8-4-6-11-7-9(8)10;1-2/h4,6-7H,3,5H2,1-2H3;1-2H3. The lowest BCUT2D eigenvalue weighted by molar-refractivity contribution is 0.521. The van der Waals surface area contributed by atoms with Crippen molar-refractivity contribution in [3.8, 4) is 0 Å². The van der Waals surface area contributed by atoms with Crippen LogP contribution in [0.2, 0.25) is 0 Å². The van der Waals surface area contributed by atoms with Crippen molar-refractivity contribution in [1.82, 2.24) is 4.98 Å². The van der Waals surface area contributed by atoms with E-state index >= 15 is 0 Å². The molecular weight excluding hydrogens is 158 g/mol. The average molecular weight is 177 g/mol. The fraction of sp³-hybridized carbons (Fsp3) is 0.583. The van der Waals surface area contributed by atoms with Crippen molar-refractivity contribution in [2.75, 3.05) is 0 Å². The molecule has 1 aliphatic carbocycles. The summed E-state index contributed by atoms with van der Waals surface area (Å²) in [5.74, 6) is 0. The average Bonchev–Trinajstić information content (AvgIpc) is 2.47. The molecule has 1 nitrogen and oxygen atoms in total. The Morgan fingerprint density at radius 2 is 2.00 bits per heavy atom. The molecule has 1 aromatic heterocycles. The Morgan fingerprint density at radius 3 is 2.62 bits per heavy atom. The van der Waals surface area contributed by atoms with E-state index in [0.717, 1.165) is 0 Å². The highest BCUT2D eigenvalue weighted by atomic mass is 14.6. The van der Waals surface area contributed by atoms with Crippen LogP contribution in [0, 0.1) is 0 Å². The molecule has 0 saturated carbocycles. The summed E-state index contributed by atoms with van der Waals surface area (Å²) in [5, 5.41) is 0. The van der Waals surface area contributed by atoms with Crippen LogP contribution in [0.1, 0.15) is 45.2 Å². The maximum Gasteiger partial charge on any atom is 0.0308 e. The number of hydrogen-bond acceptors (Lipinski definition) is 1. The lowest BCUT2D eigenvalue weighted by Crippen LogP contribution is -2.11. The second-order valence-electron chi connectivity index (χ2n) is 3.92. The fourth-order valence-corrected chi connectivity index (χ4v) is 1.83. The van der Waals surface area contributed by atoms with Crippen LogP contribution < -0.4 is 0 Å². The van der Waals surface area contributed by atoms with Crippen LogP contribution in [0.4, 0.5) is 0 Å². The molecule has 0 N–H and O–H groups in total. The Hall–Kier alpha value is -0.850. The minimum Gasteiger partial charge on any atom is -0.264 e. The molecule has 0 amide bonds. The molecule has 1 heterocycles. The summed E-state index contributed by atoms with van der Waals surface area (Å²) in [4.78, 5) is 4.15. The Bertz CT molecular complexity index is 276. The van der Waals surface area contributed by atoms with Gasteiger partial charge in [-0.05, 0) is 35.4 Å². The van der Waals surface area contributed by atoms with E-state index in [1.165, 1.54) is 24.0 Å². The second kappa shape index (κ2) is 3.91. The van der Waals surface area contributed by atoms with Crippen LogP contribution in [0.15, 0.2) is 18.5 Å². The Balaban J connectivity index is 0.000000396. The minimum atomic E-state index is 0.365. The molecule has 13 heavy (non-hydrogen) atoms. The van der Waals surface area contributed by atoms with Crippen LogP contribution in [-0.4, -0.2) is 4.98 Å². The summed E-state index contributed by atoms with van der Waals surface area (Å²) < 4.78 is 0. The summed E-state index contributed by atoms with van der Waals surface area (Å²) in [6.07, 6.45) is 6.40. The van der Waals surface area contributed by atoms with Gasteiger partial charge < -0.3 is 0 Å². The van der Waals surface area contributed by atoms with E-state index < -0.39 is 0 Å². The molecule has 0 bridgehead atoms. The number of nitrogens with zero attached hydrogens (tertiary/aromatic N) is 1. The van der Waals surface area contributed by atoms with Crippen LogP contribution in [0.3, 0.4) is 0 Å². The number of aryl methyl sites for hydroxylation is 1. The highest BCUT2D eigenvalue weighted by molar-refractivity contribution is 5.35. The number of pyridine rings is 1. The normalized spacial score (nSPS) is 17.2. The molecule has 0 radical (unpaired) electrons. The zero-order chi connectivity index (χ0) is 9.90. The van der Waals surface area contributed by atoms with Crippen molar-refractivity contribution in [2.24, 2.45) is 0 Å². The first-order valence-electron chi connectivity index (χ1n) is 5.13. The van der Waals surface area contributed by atoms with Crippen LogP contribution in [0.5, 0.6) is 0 Å². The molecule has 0 spiro atoms. The van der Waals surface area contributed by atoms with E-state index in [1.54, 1.807) is 0 Å². The van der Waals surface area contributed by atoms with Crippen LogP contribution >= 0.6 is 0 Å². The smallest absolute Gasteiger partial charge is 0.0308 e. The van der Waals surface area contributed by atoms with E-state index in [1.807, 2.05) is 26.2 Å². The zero-order valence-corrected chi connectivity index (χ0v) is 9.09. The van der Waals surface area contributed by atoms with Crippen LogP contribution in [0.25, 0.3) is 0 Å². The molecule has 1 heteroatoms. The van der Waals surface area contributed by atoms with E-state index in [9.17, 15) is 0 Å². The molecule has 0 saturated heterocycles. The summed E-state index contributed by atoms with van der Waals surface area (Å²) in [6, 6.07) is 2.14. The van der Waals surface area contributed by atoms with E-state index in [-0.39, 0.29) is 0 Å². The van der Waals surface area contributed by atoms with Gasteiger partial charge in [-0.25, -0.2) is 0 Å². The van der Waals surface area contributed by atoms with Gasteiger partial charge in [-0.15, -0.1) is 0 Å². The quantitative estimate of drug-likeness (QED) is 0.592. The second-order valence-corrected chi connectivity index (χ2v) is 3.92. The number of fused-ring (bicyclic) bond motifs is 1. The highest BCUT2D eigenvalue weighted by Crippen LogP contribution is 2.37. The largest absolute Gasteiger partial charge is 0.264 e. The molecule has 1 aliphatic rings. The van der Waals surface area contributed by atoms with Crippen molar-refractivity contribution >= 4 is 0 Å². The summed E-state index contributed by atoms with van der Waals surface area (Å²) in [6.45, 7) is 8.58. The Kier molecular flexibility index (Phi) is 3.07. The van der Waals surface area contributed by atoms with Gasteiger partial charge in [0.15, 0.2) is 0 Å². The van der Waals surface area contributed by atoms with Gasteiger partial charge in [0, 0.05) is 12.4 Å². The van der Waals surface area contributed by atoms with Crippen molar-refractivity contribution in [3.63, 3.8) is 0 Å². The first-order chi connectivity index (χ1) is 6.20. The van der Waals surface area contributed by atoms with Gasteiger partial charge in [-0.2, -0.15) is 0 Å². The van der Waals surface area contributed by atoms with Gasteiger partial charge in [-0.3, -0.25) is 4.98 Å². The third kappa shape index (κ3) is 1.90. The molecule has 1 aromatic rings. The molecule has 0 aromatic carbocycles. The van der Waals surface area contributed by atoms with E-state index in [2.05, 4.69) is 24.9 Å². The molecule has 0 unspecified atom stereocenters. The Morgan fingerprint density at radius 1 is 1.31 bits per heavy atom. The minimum absolute atomic E-state index is 0.365. The molecule has 0 atom stereocenters. The summed E-state index contributed by atoms with van der Waals surface area (Å²) in [5.41, 5.74) is 3.30. The van der Waals surface area contributed by atoms with Gasteiger partial charge in [0.25, 0.3) is 0 Å². The van der Waals surface area contributed by atoms with Crippen molar-refractivity contribution in [1.29, 1.82) is 0 Å². The molecule has 0 fully saturated rings. The lowest BCUT2D eigenvalue weighted by Gasteiger charge is -2.17. The molecule has 72 valence electrons. The third-order valence-corrected chi connectivity index (χ3v) is 2.66. The third-order valence-electron chi connectivity index (χ3n) is 2.66. The molecule has 2 rings (SSSR count). The Labute approximate surface area is 81.2 Å². The first kappa shape index (κ1) is 10.2. The number of hydrogen-bond donors (Lipinski definition) is 0. The molecule has 0 aliphatic heterocycles. The van der Waals surface area contributed by atoms with Gasteiger partial charge >= 0.3 is 0 Å². The summed E-state index contributed by atoms with van der Waals surface area (Å²) >= 11 is 0. The van der Waals surface area contributed by atoms with Crippen LogP contribution in [-0.2, 0) is 11.8 Å². The lowest BCUT2D eigenvalue weighted by atomic mass is 9.88. The highest BCUT2D eigenvalue weighted by Gasteiger charge is 2.29. The van der Waals surface area contributed by atoms with E-state index in [0.29, 0.717) is 5.41 Å². The topological polar surface area (TPSA) is 12.9 Å². The van der Waals surface area contributed by atoms with Gasteiger partial charge in [0.05, 0.1) is 0 Å². The first-order valence-corrected chi connectivity index (χ1v) is 5.13. The predicted octanol–water partition coefficient (Wildman–Crippen LogP) is 3.33. The van der Waals surface area contributed by atoms with Gasteiger partial charge in [0.2, 0.25) is 0 Å². The predicted molar refractivity (Wildman–Crippen MR) is 56.9 cm³/mol. The zero-order valence-electron chi connectivity index (χ0n) is 9.09. The number of rotatable bonds is 0. The van der Waals surface area contributed by atoms with Gasteiger partial charge in [0.1, 0.15) is 0 Å². The maximum absolute atomic E-state index is 4.15. The van der Waals surface area contributed by atoms with Crippen molar-refractivity contribution in [2.45, 2.75) is 46.0 Å². The summed E-state index contributed by atoms with van der Waals surface area (Å²) in [7, 11) is 0. The fourth-order valence-electron chi connectivity index (χ4n) is 1.83. The van der Waals surface area contributed by atoms with Crippen molar-refractivity contribution < 1.29 is 0 Å². The molecular formula is C12H19N. The maximum atomic E-state index is 4.15. The van der Waals surface area contributed by atoms with E-state index in [4.69, 9.17) is 0 Å². The van der Waals surface area contributed by atoms with Gasteiger partial charge in [-0.1, -0.05) is 27.7 Å². The van der Waals surface area contributed by atoms with Crippen molar-refractivity contribution in [3.05, 3.63) is 29.6 Å². The SMILES string of the molecule is CC.CC1(C)CCc2ccncc21.